The van der Waals surface area contributed by atoms with Gasteiger partial charge in [0.25, 0.3) is 0 Å². The Balaban J connectivity index is 5.12. The molecule has 16 heteroatoms. The van der Waals surface area contributed by atoms with Gasteiger partial charge in [-0.15, -0.1) is 0 Å². The molecule has 0 aromatic carbocycles. The van der Waals surface area contributed by atoms with Gasteiger partial charge in [-0.2, -0.15) is 0 Å². The molecule has 0 aliphatic carbocycles. The number of carbonyl (C=O) groups is 3. The average Bonchev–Trinajstić information content (AvgIpc) is 2.24. The molecule has 0 unspecified atom stereocenters. The molecule has 0 N–H and O–H groups in total. The van der Waals surface area contributed by atoms with Crippen LogP contribution in [0.15, 0.2) is 0 Å². The average molecular weight is 540 g/mol. The first-order valence-electron chi connectivity index (χ1n) is 4.54. The van der Waals surface area contributed by atoms with Crippen molar-refractivity contribution in [2.45, 2.75) is 18.5 Å². The molecule has 0 saturated carbocycles. The molecule has 0 aromatic rings. The second kappa shape index (κ2) is 6.87. The van der Waals surface area contributed by atoms with E-state index in [1.165, 1.54) is 0 Å². The number of carbonyl (C=O) groups excluding carboxylic acids is 3. The monoisotopic (exact) mass is 541 g/mol. The molecule has 0 aliphatic rings. The Morgan fingerprint density at radius 1 is 0.545 bits per heavy atom. The number of alkyl halides is 9. The summed E-state index contributed by atoms with van der Waals surface area (Å²) in [6.07, 6.45) is -17.5. The summed E-state index contributed by atoms with van der Waals surface area (Å²) in [6, 6.07) is 0. The van der Waals surface area contributed by atoms with E-state index in [1.807, 2.05) is 0 Å². The fourth-order valence-corrected chi connectivity index (χ4v) is 5.75. The molecule has 0 heterocycles. The van der Waals surface area contributed by atoms with Crippen LogP contribution in [0.4, 0.5) is 39.5 Å². The first-order valence-corrected chi connectivity index (χ1v) is 11.3. The van der Waals surface area contributed by atoms with E-state index in [1.54, 1.807) is 0 Å². The first kappa shape index (κ1) is 20.7. The molecular weight excluding hydrogens is 540 g/mol. The minimum atomic E-state index is -6.46. The summed E-state index contributed by atoms with van der Waals surface area (Å²) in [5, 5.41) is 0. The summed E-state index contributed by atoms with van der Waals surface area (Å²) in [5.41, 5.74) is 0. The van der Waals surface area contributed by atoms with Crippen molar-refractivity contribution in [2.75, 3.05) is 0 Å². The van der Waals surface area contributed by atoms with Crippen LogP contribution >= 0.6 is 0 Å². The van der Waals surface area contributed by atoms with Gasteiger partial charge in [-0.1, -0.05) is 0 Å². The van der Waals surface area contributed by atoms with Gasteiger partial charge in [-0.05, 0) is 0 Å². The van der Waals surface area contributed by atoms with E-state index in [0.29, 0.717) is 0 Å². The molecule has 0 radical (unpaired) electrons. The van der Waals surface area contributed by atoms with E-state index in [0.717, 1.165) is 0 Å². The van der Waals surface area contributed by atoms with Crippen molar-refractivity contribution in [1.29, 1.82) is 0 Å². The van der Waals surface area contributed by atoms with Crippen LogP contribution < -0.4 is 0 Å². The van der Waals surface area contributed by atoms with Crippen molar-refractivity contribution in [3.05, 3.63) is 0 Å². The molecular formula is C6F9HgO6. The molecule has 0 saturated heterocycles. The zero-order valence-corrected chi connectivity index (χ0v) is 15.1. The third kappa shape index (κ3) is 7.12. The van der Waals surface area contributed by atoms with E-state index in [4.69, 9.17) is 0 Å². The van der Waals surface area contributed by atoms with Crippen LogP contribution in [0.3, 0.4) is 0 Å². The predicted molar refractivity (Wildman–Crippen MR) is 36.4 cm³/mol. The Kier molecular flexibility index (Phi) is 6.46. The minimum absolute atomic E-state index is 3.13. The number of hydrogen-bond acceptors (Lipinski definition) is 6. The Morgan fingerprint density at radius 2 is 0.727 bits per heavy atom. The van der Waals surface area contributed by atoms with Crippen LogP contribution in [0.2, 0.25) is 0 Å². The fourth-order valence-electron chi connectivity index (χ4n) is 0.655. The van der Waals surface area contributed by atoms with Gasteiger partial charge in [0.1, 0.15) is 0 Å². The van der Waals surface area contributed by atoms with Crippen molar-refractivity contribution < 1.29 is 86.2 Å². The molecule has 0 aromatic heterocycles. The van der Waals surface area contributed by atoms with Gasteiger partial charge in [0.05, 0.1) is 0 Å². The number of hydrogen-bond donors (Lipinski definition) is 0. The summed E-state index contributed by atoms with van der Waals surface area (Å²) in [5.74, 6) is -9.81. The molecule has 0 fully saturated rings. The third-order valence-electron chi connectivity index (χ3n) is 1.44. The zero-order chi connectivity index (χ0) is 17.9. The number of rotatable bonds is 3. The van der Waals surface area contributed by atoms with Crippen LogP contribution in [0, 0.1) is 0 Å². The second-order valence-electron chi connectivity index (χ2n) is 3.14. The van der Waals surface area contributed by atoms with E-state index in [-0.39, 0.29) is 0 Å². The molecule has 0 rings (SSSR count). The van der Waals surface area contributed by atoms with Crippen LogP contribution in [-0.2, 0) is 46.7 Å². The van der Waals surface area contributed by atoms with Gasteiger partial charge in [0.2, 0.25) is 0 Å². The van der Waals surface area contributed by atoms with E-state index < -0.39 is 60.8 Å². The Bertz CT molecular complexity index is 384. The maximum atomic E-state index is 11.8. The van der Waals surface area contributed by atoms with E-state index >= 15 is 0 Å². The predicted octanol–water partition coefficient (Wildman–Crippen LogP) is 1.67. The summed E-state index contributed by atoms with van der Waals surface area (Å²) in [6.45, 7) is 0. The van der Waals surface area contributed by atoms with E-state index in [2.05, 4.69) is 7.93 Å². The standard InChI is InChI=1S/3C2HF3O2.Hg/c3*3-2(4,5)1(6)7;/h3*(H,6,7);/q;;;+3/p-3. The molecule has 22 heavy (non-hydrogen) atoms. The molecule has 0 amide bonds. The fraction of sp³-hybridized carbons (Fsp3) is 0.500. The SMILES string of the molecule is O=C([O][Hg]([O]C(=O)C(F)(F)F)[O]C(=O)C(F)(F)F)C(F)(F)F. The first-order chi connectivity index (χ1) is 9.55. The van der Waals surface area contributed by atoms with Gasteiger partial charge >= 0.3 is 123 Å². The van der Waals surface area contributed by atoms with Crippen molar-refractivity contribution in [3.63, 3.8) is 0 Å². The van der Waals surface area contributed by atoms with E-state index in [9.17, 15) is 53.9 Å². The topological polar surface area (TPSA) is 78.9 Å². The van der Waals surface area contributed by atoms with Crippen molar-refractivity contribution >= 4 is 17.9 Å². The van der Waals surface area contributed by atoms with Crippen LogP contribution in [0.1, 0.15) is 0 Å². The second-order valence-corrected chi connectivity index (χ2v) is 9.26. The summed E-state index contributed by atoms with van der Waals surface area (Å²) in [7, 11) is 0. The van der Waals surface area contributed by atoms with Crippen LogP contribution in [0.5, 0.6) is 0 Å². The molecule has 6 nitrogen and oxygen atoms in total. The van der Waals surface area contributed by atoms with Crippen molar-refractivity contribution in [3.8, 4) is 0 Å². The molecule has 125 valence electrons. The molecule has 0 aliphatic heterocycles. The molecule has 0 bridgehead atoms. The summed E-state index contributed by atoms with van der Waals surface area (Å²) >= 11 is -6.46. The molecule has 0 atom stereocenters. The van der Waals surface area contributed by atoms with Crippen molar-refractivity contribution in [2.24, 2.45) is 0 Å². The Labute approximate surface area is 123 Å². The molecule has 0 spiro atoms. The van der Waals surface area contributed by atoms with Gasteiger partial charge in [-0.3, -0.25) is 0 Å². The van der Waals surface area contributed by atoms with Crippen molar-refractivity contribution in [1.82, 2.24) is 0 Å². The normalized spacial score (nSPS) is 12.4. The summed E-state index contributed by atoms with van der Waals surface area (Å²) in [4.78, 5) is 30.9. The third-order valence-corrected chi connectivity index (χ3v) is 7.25. The van der Waals surface area contributed by atoms with Gasteiger partial charge in [0.15, 0.2) is 0 Å². The van der Waals surface area contributed by atoms with Gasteiger partial charge in [0, 0.05) is 0 Å². The maximum absolute atomic E-state index is 11.8. The quantitative estimate of drug-likeness (QED) is 0.401. The van der Waals surface area contributed by atoms with Crippen LogP contribution in [0.25, 0.3) is 0 Å². The van der Waals surface area contributed by atoms with Gasteiger partial charge < -0.3 is 0 Å². The van der Waals surface area contributed by atoms with Crippen LogP contribution in [-0.4, -0.2) is 36.4 Å². The number of halogens is 9. The zero-order valence-electron chi connectivity index (χ0n) is 9.56. The van der Waals surface area contributed by atoms with Gasteiger partial charge in [-0.25, -0.2) is 0 Å². The summed E-state index contributed by atoms with van der Waals surface area (Å²) < 4.78 is 115. The Hall–Kier alpha value is -1.28. The Morgan fingerprint density at radius 3 is 0.864 bits per heavy atom.